The summed E-state index contributed by atoms with van der Waals surface area (Å²) < 4.78 is 5.95. The second-order valence-electron chi connectivity index (χ2n) is 6.59. The van der Waals surface area contributed by atoms with Crippen molar-refractivity contribution in [2.75, 3.05) is 5.32 Å². The molecular weight excluding hydrogens is 344 g/mol. The molecule has 1 aromatic heterocycles. The fourth-order valence-corrected chi connectivity index (χ4v) is 3.08. The standard InChI is InChI=1S/C21H20N2O2S/c1-13(26)20(24)23-21-22-18(19(25-21)15-7-3-2-4-8-15)17-10-6-5-9-16(17)14-11-12-14/h2-10,13-14,26H,11-12H2,1H3,(H,22,23,24). The molecule has 3 aromatic rings. The zero-order chi connectivity index (χ0) is 18.1. The molecule has 1 heterocycles. The van der Waals surface area contributed by atoms with Gasteiger partial charge in [-0.2, -0.15) is 17.6 Å². The van der Waals surface area contributed by atoms with Gasteiger partial charge in [-0.25, -0.2) is 0 Å². The van der Waals surface area contributed by atoms with Gasteiger partial charge >= 0.3 is 6.01 Å². The summed E-state index contributed by atoms with van der Waals surface area (Å²) in [4.78, 5) is 16.6. The molecule has 1 aliphatic rings. The molecular formula is C21H20N2O2S. The average Bonchev–Trinajstić information content (AvgIpc) is 3.43. The number of nitrogens with one attached hydrogen (secondary N) is 1. The van der Waals surface area contributed by atoms with Gasteiger partial charge in [0.2, 0.25) is 5.91 Å². The van der Waals surface area contributed by atoms with Crippen molar-refractivity contribution in [1.82, 2.24) is 4.98 Å². The Bertz CT molecular complexity index is 930. The molecule has 26 heavy (non-hydrogen) atoms. The lowest BCUT2D eigenvalue weighted by molar-refractivity contribution is -0.115. The van der Waals surface area contributed by atoms with Crippen molar-refractivity contribution < 1.29 is 9.21 Å². The molecule has 0 radical (unpaired) electrons. The predicted octanol–water partition coefficient (Wildman–Crippen LogP) is 5.14. The number of thiol groups is 1. The molecule has 1 saturated carbocycles. The Balaban J connectivity index is 1.82. The topological polar surface area (TPSA) is 55.1 Å². The van der Waals surface area contributed by atoms with Crippen molar-refractivity contribution in [3.63, 3.8) is 0 Å². The van der Waals surface area contributed by atoms with Gasteiger partial charge in [0.15, 0.2) is 5.76 Å². The zero-order valence-electron chi connectivity index (χ0n) is 14.5. The van der Waals surface area contributed by atoms with E-state index in [1.54, 1.807) is 6.92 Å². The van der Waals surface area contributed by atoms with E-state index in [2.05, 4.69) is 41.1 Å². The minimum Gasteiger partial charge on any atom is -0.423 e. The van der Waals surface area contributed by atoms with Crippen LogP contribution in [0, 0.1) is 0 Å². The maximum absolute atomic E-state index is 12.0. The van der Waals surface area contributed by atoms with E-state index in [-0.39, 0.29) is 11.9 Å². The summed E-state index contributed by atoms with van der Waals surface area (Å²) in [6.07, 6.45) is 2.41. The second kappa shape index (κ2) is 7.00. The first-order valence-electron chi connectivity index (χ1n) is 8.78. The van der Waals surface area contributed by atoms with Gasteiger partial charge in [-0.15, -0.1) is 0 Å². The van der Waals surface area contributed by atoms with E-state index in [0.29, 0.717) is 11.7 Å². The van der Waals surface area contributed by atoms with Gasteiger partial charge in [0.1, 0.15) is 5.69 Å². The molecule has 4 nitrogen and oxygen atoms in total. The summed E-state index contributed by atoms with van der Waals surface area (Å²) in [6, 6.07) is 18.4. The van der Waals surface area contributed by atoms with Crippen LogP contribution in [-0.2, 0) is 4.79 Å². The van der Waals surface area contributed by atoms with Crippen LogP contribution in [0.15, 0.2) is 59.0 Å². The second-order valence-corrected chi connectivity index (χ2v) is 7.36. The van der Waals surface area contributed by atoms with Crippen LogP contribution >= 0.6 is 12.6 Å². The van der Waals surface area contributed by atoms with Gasteiger partial charge in [-0.3, -0.25) is 10.1 Å². The first kappa shape index (κ1) is 16.9. The molecule has 0 aliphatic heterocycles. The van der Waals surface area contributed by atoms with Crippen LogP contribution in [0.25, 0.3) is 22.6 Å². The minimum atomic E-state index is -0.440. The van der Waals surface area contributed by atoms with Gasteiger partial charge in [-0.1, -0.05) is 54.6 Å². The van der Waals surface area contributed by atoms with Gasteiger partial charge in [-0.05, 0) is 31.2 Å². The Hall–Kier alpha value is -2.53. The van der Waals surface area contributed by atoms with Crippen molar-refractivity contribution >= 4 is 24.6 Å². The van der Waals surface area contributed by atoms with Crippen molar-refractivity contribution in [3.05, 3.63) is 60.2 Å². The summed E-state index contributed by atoms with van der Waals surface area (Å²) in [5, 5.41) is 2.27. The number of oxazole rings is 1. The third-order valence-electron chi connectivity index (χ3n) is 4.51. The first-order chi connectivity index (χ1) is 12.6. The van der Waals surface area contributed by atoms with E-state index in [1.807, 2.05) is 36.4 Å². The normalized spacial score (nSPS) is 14.8. The summed E-state index contributed by atoms with van der Waals surface area (Å²) in [5.41, 5.74) is 4.05. The van der Waals surface area contributed by atoms with Crippen molar-refractivity contribution in [3.8, 4) is 22.6 Å². The fourth-order valence-electron chi connectivity index (χ4n) is 3.01. The van der Waals surface area contributed by atoms with Crippen LogP contribution in [0.3, 0.4) is 0 Å². The molecule has 0 bridgehead atoms. The number of hydrogen-bond donors (Lipinski definition) is 2. The van der Waals surface area contributed by atoms with Crippen LogP contribution in [0.5, 0.6) is 0 Å². The number of benzene rings is 2. The van der Waals surface area contributed by atoms with Gasteiger partial charge in [0.25, 0.3) is 0 Å². The lowest BCUT2D eigenvalue weighted by Crippen LogP contribution is -2.20. The molecule has 0 spiro atoms. The molecule has 1 N–H and O–H groups in total. The lowest BCUT2D eigenvalue weighted by Gasteiger charge is -2.07. The van der Waals surface area contributed by atoms with Gasteiger partial charge < -0.3 is 4.42 Å². The Morgan fingerprint density at radius 3 is 2.54 bits per heavy atom. The minimum absolute atomic E-state index is 0.204. The molecule has 1 atom stereocenters. The van der Waals surface area contributed by atoms with Crippen LogP contribution < -0.4 is 5.32 Å². The number of amides is 1. The Kier molecular flexibility index (Phi) is 4.55. The van der Waals surface area contributed by atoms with E-state index in [0.717, 1.165) is 16.8 Å². The van der Waals surface area contributed by atoms with Gasteiger partial charge in [0.05, 0.1) is 5.25 Å². The maximum Gasteiger partial charge on any atom is 0.302 e. The highest BCUT2D eigenvalue weighted by Crippen LogP contribution is 2.46. The molecule has 2 aromatic carbocycles. The monoisotopic (exact) mass is 364 g/mol. The number of carbonyl (C=O) groups excluding carboxylic acids is 1. The highest BCUT2D eigenvalue weighted by Gasteiger charge is 2.29. The van der Waals surface area contributed by atoms with Crippen LogP contribution in [0.4, 0.5) is 6.01 Å². The molecule has 1 amide bonds. The summed E-state index contributed by atoms with van der Waals surface area (Å²) >= 11 is 4.17. The van der Waals surface area contributed by atoms with E-state index >= 15 is 0 Å². The number of anilines is 1. The molecule has 1 fully saturated rings. The quantitative estimate of drug-likeness (QED) is 0.616. The van der Waals surface area contributed by atoms with Crippen molar-refractivity contribution in [2.24, 2.45) is 0 Å². The van der Waals surface area contributed by atoms with Crippen LogP contribution in [0.1, 0.15) is 31.2 Å². The van der Waals surface area contributed by atoms with E-state index in [9.17, 15) is 4.79 Å². The summed E-state index contributed by atoms with van der Waals surface area (Å²) in [5.74, 6) is 1.01. The van der Waals surface area contributed by atoms with Crippen LogP contribution in [0.2, 0.25) is 0 Å². The Morgan fingerprint density at radius 1 is 1.15 bits per heavy atom. The fraction of sp³-hybridized carbons (Fsp3) is 0.238. The SMILES string of the molecule is CC(S)C(=O)Nc1nc(-c2ccccc2C2CC2)c(-c2ccccc2)o1. The van der Waals surface area contributed by atoms with E-state index < -0.39 is 5.25 Å². The third-order valence-corrected chi connectivity index (χ3v) is 4.74. The molecule has 1 unspecified atom stereocenters. The van der Waals surface area contributed by atoms with Crippen molar-refractivity contribution in [2.45, 2.75) is 30.9 Å². The number of rotatable bonds is 5. The number of nitrogens with zero attached hydrogens (tertiary/aromatic N) is 1. The smallest absolute Gasteiger partial charge is 0.302 e. The van der Waals surface area contributed by atoms with E-state index in [1.165, 1.54) is 18.4 Å². The largest absolute Gasteiger partial charge is 0.423 e. The van der Waals surface area contributed by atoms with Crippen molar-refractivity contribution in [1.29, 1.82) is 0 Å². The third kappa shape index (κ3) is 3.40. The van der Waals surface area contributed by atoms with Crippen LogP contribution in [-0.4, -0.2) is 16.1 Å². The number of hydrogen-bond acceptors (Lipinski definition) is 4. The lowest BCUT2D eigenvalue weighted by atomic mass is 9.98. The summed E-state index contributed by atoms with van der Waals surface area (Å²) in [7, 11) is 0. The summed E-state index contributed by atoms with van der Waals surface area (Å²) in [6.45, 7) is 1.71. The first-order valence-corrected chi connectivity index (χ1v) is 9.29. The zero-order valence-corrected chi connectivity index (χ0v) is 15.4. The highest BCUT2D eigenvalue weighted by atomic mass is 32.1. The molecule has 132 valence electrons. The number of carbonyl (C=O) groups is 1. The van der Waals surface area contributed by atoms with E-state index in [4.69, 9.17) is 4.42 Å². The predicted molar refractivity (Wildman–Crippen MR) is 106 cm³/mol. The number of aromatic nitrogens is 1. The molecule has 1 aliphatic carbocycles. The highest BCUT2D eigenvalue weighted by molar-refractivity contribution is 7.81. The average molecular weight is 364 g/mol. The maximum atomic E-state index is 12.0. The molecule has 0 saturated heterocycles. The molecule has 5 heteroatoms. The van der Waals surface area contributed by atoms with Gasteiger partial charge in [0, 0.05) is 11.1 Å². The molecule has 4 rings (SSSR count). The Labute approximate surface area is 158 Å². The Morgan fingerprint density at radius 2 is 1.85 bits per heavy atom.